The minimum absolute atomic E-state index is 0.257. The summed E-state index contributed by atoms with van der Waals surface area (Å²) in [5.41, 5.74) is 1.71. The lowest BCUT2D eigenvalue weighted by molar-refractivity contribution is -0.275. The van der Waals surface area contributed by atoms with Crippen molar-refractivity contribution < 1.29 is 35.8 Å². The Labute approximate surface area is 169 Å². The van der Waals surface area contributed by atoms with E-state index in [0.717, 1.165) is 24.3 Å². The molecule has 0 aliphatic heterocycles. The molecular formula is C19H10F6N4O2. The van der Waals surface area contributed by atoms with E-state index >= 15 is 0 Å². The van der Waals surface area contributed by atoms with Crippen LogP contribution in [-0.4, -0.2) is 32.5 Å². The minimum atomic E-state index is -4.81. The topological polar surface area (TPSA) is 61.5 Å². The molecule has 0 N–H and O–H groups in total. The highest BCUT2D eigenvalue weighted by Crippen LogP contribution is 2.28. The normalized spacial score (nSPS) is 12.2. The van der Waals surface area contributed by atoms with E-state index in [0.29, 0.717) is 22.5 Å². The second-order valence-electron chi connectivity index (χ2n) is 6.16. The molecule has 0 aliphatic carbocycles. The van der Waals surface area contributed by atoms with Gasteiger partial charge in [-0.15, -0.1) is 36.5 Å². The largest absolute Gasteiger partial charge is 0.573 e. The summed E-state index contributed by atoms with van der Waals surface area (Å²) in [5, 5.41) is 12.3. The molecule has 0 saturated heterocycles. The standard InChI is InChI=1S/C19H10F6N4O2/c20-18(21,22)30-13-5-1-11(2-6-13)15-9-10-16-26-27-17(29(16)28-15)12-3-7-14(8-4-12)31-19(23,24)25/h1-10H. The van der Waals surface area contributed by atoms with Crippen molar-refractivity contribution in [3.8, 4) is 34.1 Å². The van der Waals surface area contributed by atoms with Crippen molar-refractivity contribution in [2.75, 3.05) is 0 Å². The summed E-state index contributed by atoms with van der Waals surface area (Å²) in [7, 11) is 0. The molecule has 4 aromatic rings. The second kappa shape index (κ2) is 7.45. The van der Waals surface area contributed by atoms with Gasteiger partial charge in [0, 0.05) is 11.1 Å². The van der Waals surface area contributed by atoms with Crippen LogP contribution in [0.15, 0.2) is 60.7 Å². The van der Waals surface area contributed by atoms with Crippen LogP contribution in [0.1, 0.15) is 0 Å². The van der Waals surface area contributed by atoms with Gasteiger partial charge in [-0.25, -0.2) is 0 Å². The number of nitrogens with zero attached hydrogens (tertiary/aromatic N) is 4. The van der Waals surface area contributed by atoms with E-state index in [2.05, 4.69) is 24.8 Å². The highest BCUT2D eigenvalue weighted by atomic mass is 19.4. The first kappa shape index (κ1) is 20.4. The highest BCUT2D eigenvalue weighted by molar-refractivity contribution is 5.64. The van der Waals surface area contributed by atoms with Crippen molar-refractivity contribution in [2.24, 2.45) is 0 Å². The summed E-state index contributed by atoms with van der Waals surface area (Å²) >= 11 is 0. The average molecular weight is 440 g/mol. The lowest BCUT2D eigenvalue weighted by Gasteiger charge is -2.09. The van der Waals surface area contributed by atoms with Gasteiger partial charge in [0.2, 0.25) is 0 Å². The third-order valence-electron chi connectivity index (χ3n) is 3.99. The summed E-state index contributed by atoms with van der Waals surface area (Å²) in [6.45, 7) is 0. The van der Waals surface area contributed by atoms with Crippen LogP contribution in [-0.2, 0) is 0 Å². The summed E-state index contributed by atoms with van der Waals surface area (Å²) in [4.78, 5) is 0. The third kappa shape index (κ3) is 4.85. The van der Waals surface area contributed by atoms with Crippen LogP contribution in [0.5, 0.6) is 11.5 Å². The number of rotatable bonds is 4. The van der Waals surface area contributed by atoms with E-state index in [1.807, 2.05) is 0 Å². The van der Waals surface area contributed by atoms with Crippen LogP contribution < -0.4 is 9.47 Å². The van der Waals surface area contributed by atoms with E-state index in [-0.39, 0.29) is 17.3 Å². The van der Waals surface area contributed by atoms with E-state index in [9.17, 15) is 26.3 Å². The lowest BCUT2D eigenvalue weighted by atomic mass is 10.1. The van der Waals surface area contributed by atoms with Crippen LogP contribution in [0.3, 0.4) is 0 Å². The zero-order valence-electron chi connectivity index (χ0n) is 15.1. The molecule has 0 bridgehead atoms. The average Bonchev–Trinajstić information content (AvgIpc) is 3.10. The molecular weight excluding hydrogens is 430 g/mol. The van der Waals surface area contributed by atoms with Gasteiger partial charge in [-0.1, -0.05) is 0 Å². The quantitative estimate of drug-likeness (QED) is 0.406. The molecule has 0 radical (unpaired) electrons. The zero-order valence-corrected chi connectivity index (χ0v) is 15.1. The Balaban J connectivity index is 1.64. The first-order valence-corrected chi connectivity index (χ1v) is 8.52. The number of benzene rings is 2. The monoisotopic (exact) mass is 440 g/mol. The van der Waals surface area contributed by atoms with Crippen molar-refractivity contribution in [3.63, 3.8) is 0 Å². The third-order valence-corrected chi connectivity index (χ3v) is 3.99. The fourth-order valence-corrected chi connectivity index (χ4v) is 2.76. The maximum atomic E-state index is 12.3. The molecule has 2 aromatic heterocycles. The van der Waals surface area contributed by atoms with Gasteiger partial charge in [-0.05, 0) is 60.7 Å². The smallest absolute Gasteiger partial charge is 0.406 e. The van der Waals surface area contributed by atoms with E-state index in [1.165, 1.54) is 28.8 Å². The highest BCUT2D eigenvalue weighted by Gasteiger charge is 2.31. The molecule has 0 fully saturated rings. The van der Waals surface area contributed by atoms with Crippen molar-refractivity contribution in [1.29, 1.82) is 0 Å². The summed E-state index contributed by atoms with van der Waals surface area (Å²) in [6.07, 6.45) is -9.60. The first-order chi connectivity index (χ1) is 14.6. The molecule has 0 amide bonds. The van der Waals surface area contributed by atoms with Crippen LogP contribution in [0, 0.1) is 0 Å². The fraction of sp³-hybridized carbons (Fsp3) is 0.105. The minimum Gasteiger partial charge on any atom is -0.406 e. The van der Waals surface area contributed by atoms with Crippen LogP contribution in [0.25, 0.3) is 28.3 Å². The fourth-order valence-electron chi connectivity index (χ4n) is 2.76. The SMILES string of the molecule is FC(F)(F)Oc1ccc(-c2ccc3nnc(-c4ccc(OC(F)(F)F)cc4)n3n2)cc1. The van der Waals surface area contributed by atoms with Crippen molar-refractivity contribution in [1.82, 2.24) is 19.8 Å². The number of hydrogen-bond acceptors (Lipinski definition) is 5. The number of ether oxygens (including phenoxy) is 2. The Kier molecular flexibility index (Phi) is 4.91. The Morgan fingerprint density at radius 1 is 0.613 bits per heavy atom. The Morgan fingerprint density at radius 3 is 1.65 bits per heavy atom. The van der Waals surface area contributed by atoms with Crippen molar-refractivity contribution >= 4 is 5.65 Å². The number of aromatic nitrogens is 4. The lowest BCUT2D eigenvalue weighted by Crippen LogP contribution is -2.17. The van der Waals surface area contributed by atoms with Gasteiger partial charge in [0.05, 0.1) is 5.69 Å². The molecule has 31 heavy (non-hydrogen) atoms. The van der Waals surface area contributed by atoms with Crippen LogP contribution in [0.2, 0.25) is 0 Å². The Morgan fingerprint density at radius 2 is 1.13 bits per heavy atom. The zero-order chi connectivity index (χ0) is 22.2. The van der Waals surface area contributed by atoms with E-state index < -0.39 is 12.7 Å². The van der Waals surface area contributed by atoms with Gasteiger partial charge in [0.15, 0.2) is 11.5 Å². The molecule has 0 aliphatic rings. The van der Waals surface area contributed by atoms with Gasteiger partial charge < -0.3 is 9.47 Å². The molecule has 2 heterocycles. The molecule has 12 heteroatoms. The molecule has 2 aromatic carbocycles. The maximum absolute atomic E-state index is 12.3. The Bertz CT molecular complexity index is 1200. The van der Waals surface area contributed by atoms with E-state index in [4.69, 9.17) is 0 Å². The van der Waals surface area contributed by atoms with Gasteiger partial charge >= 0.3 is 12.7 Å². The Hall–Kier alpha value is -3.83. The van der Waals surface area contributed by atoms with Crippen molar-refractivity contribution in [3.05, 3.63) is 60.7 Å². The molecule has 160 valence electrons. The number of alkyl halides is 6. The summed E-state index contributed by atoms with van der Waals surface area (Å²) in [6, 6.07) is 13.3. The van der Waals surface area contributed by atoms with Gasteiger partial charge in [0.25, 0.3) is 0 Å². The predicted octanol–water partition coefficient (Wildman–Crippen LogP) is 5.26. The molecule has 0 saturated carbocycles. The number of halogens is 6. The predicted molar refractivity (Wildman–Crippen MR) is 95.0 cm³/mol. The van der Waals surface area contributed by atoms with Gasteiger partial charge in [-0.3, -0.25) is 0 Å². The van der Waals surface area contributed by atoms with Crippen molar-refractivity contribution in [2.45, 2.75) is 12.7 Å². The molecule has 0 unspecified atom stereocenters. The van der Waals surface area contributed by atoms with Crippen LogP contribution >= 0.6 is 0 Å². The van der Waals surface area contributed by atoms with Gasteiger partial charge in [-0.2, -0.15) is 9.61 Å². The van der Waals surface area contributed by atoms with E-state index in [1.54, 1.807) is 12.1 Å². The van der Waals surface area contributed by atoms with Crippen LogP contribution in [0.4, 0.5) is 26.3 Å². The molecule has 0 atom stereocenters. The summed E-state index contributed by atoms with van der Waals surface area (Å²) in [5.74, 6) is -0.504. The number of hydrogen-bond donors (Lipinski definition) is 0. The second-order valence-corrected chi connectivity index (χ2v) is 6.16. The maximum Gasteiger partial charge on any atom is 0.573 e. The molecule has 0 spiro atoms. The number of fused-ring (bicyclic) bond motifs is 1. The molecule has 6 nitrogen and oxygen atoms in total. The molecule has 4 rings (SSSR count). The van der Waals surface area contributed by atoms with Gasteiger partial charge in [0.1, 0.15) is 11.5 Å². The summed E-state index contributed by atoms with van der Waals surface area (Å²) < 4.78 is 82.9. The first-order valence-electron chi connectivity index (χ1n) is 8.52.